The number of nitrogens with zero attached hydrogens (tertiary/aromatic N) is 2. The number of halogens is 5. The second-order valence-corrected chi connectivity index (χ2v) is 11.5. The summed E-state index contributed by atoms with van der Waals surface area (Å²) < 4.78 is 79.2. The van der Waals surface area contributed by atoms with Crippen LogP contribution in [0, 0.1) is 29.1 Å². The number of rotatable bonds is 1. The van der Waals surface area contributed by atoms with Crippen molar-refractivity contribution in [3.8, 4) is 27.9 Å². The van der Waals surface area contributed by atoms with Gasteiger partial charge < -0.3 is 0 Å². The van der Waals surface area contributed by atoms with Gasteiger partial charge in [0, 0.05) is 11.8 Å². The normalized spacial score (nSPS) is 13.1. The molecule has 0 bridgehead atoms. The highest BCUT2D eigenvalue weighted by Gasteiger charge is 2.42. The summed E-state index contributed by atoms with van der Waals surface area (Å²) in [7, 11) is 0. The third kappa shape index (κ3) is 2.77. The molecule has 0 atom stereocenters. The van der Waals surface area contributed by atoms with Gasteiger partial charge in [0.1, 0.15) is 34.7 Å². The van der Waals surface area contributed by atoms with E-state index in [0.717, 1.165) is 32.7 Å². The van der Waals surface area contributed by atoms with Crippen LogP contribution >= 0.6 is 0 Å². The van der Waals surface area contributed by atoms with E-state index in [1.54, 1.807) is 24.3 Å². The van der Waals surface area contributed by atoms with Gasteiger partial charge in [-0.2, -0.15) is 0 Å². The quantitative estimate of drug-likeness (QED) is 0.141. The smallest absolute Gasteiger partial charge is 0.251 e. The largest absolute Gasteiger partial charge is 0.295 e. The Hall–Kier alpha value is -5.37. The predicted molar refractivity (Wildman–Crippen MR) is 165 cm³/mol. The second-order valence-electron chi connectivity index (χ2n) is 11.5. The molecule has 2 aliphatic heterocycles. The van der Waals surface area contributed by atoms with Gasteiger partial charge in [-0.25, -0.2) is 22.0 Å². The molecule has 2 nitrogen and oxygen atoms in total. The van der Waals surface area contributed by atoms with E-state index in [0.29, 0.717) is 44.4 Å². The lowest BCUT2D eigenvalue weighted by Gasteiger charge is -2.33. The zero-order valence-electron chi connectivity index (χ0n) is 22.6. The Kier molecular flexibility index (Phi) is 4.37. The summed E-state index contributed by atoms with van der Waals surface area (Å²) in [6.45, 7) is -0.419. The first-order chi connectivity index (χ1) is 21.4. The molecule has 4 heterocycles. The topological polar surface area (TPSA) is 9.34 Å². The van der Waals surface area contributed by atoms with Crippen molar-refractivity contribution in [2.45, 2.75) is 0 Å². The van der Waals surface area contributed by atoms with Crippen LogP contribution in [-0.2, 0) is 0 Å². The van der Waals surface area contributed by atoms with E-state index in [2.05, 4.69) is 0 Å². The van der Waals surface area contributed by atoms with E-state index in [1.165, 1.54) is 54.6 Å². The maximum Gasteiger partial charge on any atom is 0.251 e. The number of aromatic nitrogens is 2. The van der Waals surface area contributed by atoms with E-state index in [1.807, 2.05) is 27.2 Å². The summed E-state index contributed by atoms with van der Waals surface area (Å²) in [5.74, 6) is -2.68. The molecule has 0 spiro atoms. The van der Waals surface area contributed by atoms with Gasteiger partial charge in [0.2, 0.25) is 0 Å². The third-order valence-electron chi connectivity index (χ3n) is 9.42. The molecule has 0 N–H and O–H groups in total. The van der Waals surface area contributed by atoms with Crippen LogP contribution in [0.15, 0.2) is 97.1 Å². The molecule has 0 saturated heterocycles. The standard InChI is InChI=1S/C36H16BF5N2/c38-17-7-9-23-29(14-17)43-28-12-8-18(39)15-30(28)44-31-16-19(40)13-24-22-11-10-21(33-26(41)5-2-6-27(33)42)20-3-1-4-25(32(20)22)37(34(24)31)35(23)36(43)44/h1-16H. The molecule has 44 heavy (non-hydrogen) atoms. The average Bonchev–Trinajstić information content (AvgIpc) is 3.51. The van der Waals surface area contributed by atoms with Crippen LogP contribution in [0.25, 0.3) is 66.3 Å². The molecule has 0 fully saturated rings. The molecule has 8 aromatic rings. The summed E-state index contributed by atoms with van der Waals surface area (Å²) in [5.41, 5.74) is 7.32. The Balaban J connectivity index is 1.44. The van der Waals surface area contributed by atoms with Crippen molar-refractivity contribution in [3.05, 3.63) is 126 Å². The van der Waals surface area contributed by atoms with Crippen molar-refractivity contribution < 1.29 is 22.0 Å². The molecule has 6 aromatic carbocycles. The van der Waals surface area contributed by atoms with E-state index < -0.39 is 35.8 Å². The highest BCUT2D eigenvalue weighted by atomic mass is 19.1. The number of hydrogen-bond acceptors (Lipinski definition) is 0. The average molecular weight is 582 g/mol. The van der Waals surface area contributed by atoms with Crippen molar-refractivity contribution in [1.29, 1.82) is 0 Å². The number of fused-ring (bicyclic) bond motifs is 10. The second kappa shape index (κ2) is 7.96. The van der Waals surface area contributed by atoms with Crippen molar-refractivity contribution in [2.24, 2.45) is 0 Å². The van der Waals surface area contributed by atoms with Crippen LogP contribution in [0.2, 0.25) is 0 Å². The first-order valence-corrected chi connectivity index (χ1v) is 14.2. The molecule has 208 valence electrons. The van der Waals surface area contributed by atoms with Gasteiger partial charge in [-0.05, 0) is 92.3 Å². The maximum absolute atomic E-state index is 15.7. The summed E-state index contributed by atoms with van der Waals surface area (Å²) in [4.78, 5) is 0. The molecule has 0 aliphatic carbocycles. The van der Waals surface area contributed by atoms with Crippen molar-refractivity contribution in [2.75, 3.05) is 0 Å². The number of imidazole rings is 1. The summed E-state index contributed by atoms with van der Waals surface area (Å²) in [6.07, 6.45) is 0. The monoisotopic (exact) mass is 582 g/mol. The van der Waals surface area contributed by atoms with Crippen LogP contribution < -0.4 is 16.4 Å². The Morgan fingerprint density at radius 2 is 1.25 bits per heavy atom. The summed E-state index contributed by atoms with van der Waals surface area (Å²) in [6, 6.07) is 25.0. The molecule has 0 amide bonds. The van der Waals surface area contributed by atoms with Gasteiger partial charge in [0.15, 0.2) is 0 Å². The first kappa shape index (κ1) is 24.1. The minimum atomic E-state index is -0.674. The summed E-state index contributed by atoms with van der Waals surface area (Å²) in [5, 5.41) is 2.22. The number of hydrogen-bond donors (Lipinski definition) is 0. The molecule has 2 aliphatic rings. The zero-order chi connectivity index (χ0) is 29.6. The molecule has 8 heteroatoms. The van der Waals surface area contributed by atoms with Crippen LogP contribution in [0.1, 0.15) is 0 Å². The van der Waals surface area contributed by atoms with Gasteiger partial charge >= 0.3 is 0 Å². The molecule has 2 aromatic heterocycles. The van der Waals surface area contributed by atoms with Gasteiger partial charge in [-0.3, -0.25) is 8.97 Å². The molecule has 0 unspecified atom stereocenters. The van der Waals surface area contributed by atoms with Gasteiger partial charge in [-0.1, -0.05) is 47.9 Å². The van der Waals surface area contributed by atoms with Crippen LogP contribution in [0.4, 0.5) is 22.0 Å². The number of benzene rings is 6. The van der Waals surface area contributed by atoms with Crippen molar-refractivity contribution in [1.82, 2.24) is 8.97 Å². The molecular formula is C36H16BF5N2. The van der Waals surface area contributed by atoms with Gasteiger partial charge in [0.25, 0.3) is 6.71 Å². The minimum absolute atomic E-state index is 0.125. The molecule has 0 saturated carbocycles. The lowest BCUT2D eigenvalue weighted by Crippen LogP contribution is -2.58. The Bertz CT molecular complexity index is 2610. The Morgan fingerprint density at radius 1 is 0.523 bits per heavy atom. The van der Waals surface area contributed by atoms with Gasteiger partial charge in [0.05, 0.1) is 22.1 Å². The highest BCUT2D eigenvalue weighted by molar-refractivity contribution is 7.02. The van der Waals surface area contributed by atoms with Crippen molar-refractivity contribution >= 4 is 61.5 Å². The third-order valence-corrected chi connectivity index (χ3v) is 9.42. The zero-order valence-corrected chi connectivity index (χ0v) is 22.6. The van der Waals surface area contributed by atoms with Crippen molar-refractivity contribution in [3.63, 3.8) is 0 Å². The SMILES string of the molecule is Fc1cc2c3c(c1)-n1c4cc(F)ccc4n4c5cc(F)ccc5c(c14)B3c1cccc3c(-c4c(F)cccc4F)ccc-2c13. The van der Waals surface area contributed by atoms with Crippen LogP contribution in [0.3, 0.4) is 0 Å². The highest BCUT2D eigenvalue weighted by Crippen LogP contribution is 2.42. The Morgan fingerprint density at radius 3 is 2.07 bits per heavy atom. The lowest BCUT2D eigenvalue weighted by molar-refractivity contribution is 0.590. The summed E-state index contributed by atoms with van der Waals surface area (Å²) >= 11 is 0. The van der Waals surface area contributed by atoms with Gasteiger partial charge in [-0.15, -0.1) is 0 Å². The molecule has 0 radical (unpaired) electrons. The molecule has 10 rings (SSSR count). The van der Waals surface area contributed by atoms with E-state index in [-0.39, 0.29) is 5.56 Å². The maximum atomic E-state index is 15.7. The fraction of sp³-hybridized carbons (Fsp3) is 0. The van der Waals surface area contributed by atoms with E-state index in [4.69, 9.17) is 0 Å². The molecular weight excluding hydrogens is 566 g/mol. The fourth-order valence-corrected chi connectivity index (χ4v) is 7.89. The lowest BCUT2D eigenvalue weighted by atomic mass is 9.32. The predicted octanol–water partition coefficient (Wildman–Crippen LogP) is 7.36. The minimum Gasteiger partial charge on any atom is -0.295 e. The fourth-order valence-electron chi connectivity index (χ4n) is 7.89. The first-order valence-electron chi connectivity index (χ1n) is 14.2. The Labute approximate surface area is 246 Å². The van der Waals surface area contributed by atoms with E-state index >= 15 is 13.2 Å². The van der Waals surface area contributed by atoms with E-state index in [9.17, 15) is 8.78 Å². The van der Waals surface area contributed by atoms with Crippen LogP contribution in [0.5, 0.6) is 0 Å². The van der Waals surface area contributed by atoms with Crippen LogP contribution in [-0.4, -0.2) is 15.7 Å².